The predicted molar refractivity (Wildman–Crippen MR) is 110 cm³/mol. The van der Waals surface area contributed by atoms with Crippen molar-refractivity contribution in [2.24, 2.45) is 0 Å². The Morgan fingerprint density at radius 1 is 1.17 bits per heavy atom. The van der Waals surface area contributed by atoms with Gasteiger partial charge in [0.05, 0.1) is 5.56 Å². The lowest BCUT2D eigenvalue weighted by Gasteiger charge is -2.06. The highest BCUT2D eigenvalue weighted by Crippen LogP contribution is 2.27. The Kier molecular flexibility index (Phi) is 5.82. The number of carbonyl (C=O) groups is 2. The highest BCUT2D eigenvalue weighted by molar-refractivity contribution is 6.31. The van der Waals surface area contributed by atoms with Crippen molar-refractivity contribution in [3.63, 3.8) is 0 Å². The summed E-state index contributed by atoms with van der Waals surface area (Å²) in [7, 11) is 0. The van der Waals surface area contributed by atoms with Crippen molar-refractivity contribution in [3.05, 3.63) is 82.1 Å². The fourth-order valence-electron chi connectivity index (χ4n) is 2.62. The lowest BCUT2D eigenvalue weighted by atomic mass is 10.1. The first-order chi connectivity index (χ1) is 13.9. The average molecular weight is 407 g/mol. The van der Waals surface area contributed by atoms with Gasteiger partial charge in [0.1, 0.15) is 23.2 Å². The number of aromatic carboxylic acids is 1. The molecule has 0 aliphatic carbocycles. The lowest BCUT2D eigenvalue weighted by molar-refractivity contribution is -0.112. The third-order valence-corrected chi connectivity index (χ3v) is 4.54. The maximum atomic E-state index is 12.4. The van der Waals surface area contributed by atoms with Crippen LogP contribution in [-0.4, -0.2) is 17.0 Å². The van der Waals surface area contributed by atoms with E-state index in [1.54, 1.807) is 48.5 Å². The molecule has 3 rings (SSSR count). The van der Waals surface area contributed by atoms with Crippen LogP contribution < -0.4 is 5.32 Å². The molecule has 29 heavy (non-hydrogen) atoms. The minimum absolute atomic E-state index is 0.0897. The number of rotatable bonds is 5. The van der Waals surface area contributed by atoms with E-state index in [0.29, 0.717) is 22.0 Å². The third kappa shape index (κ3) is 4.54. The smallest absolute Gasteiger partial charge is 0.336 e. The summed E-state index contributed by atoms with van der Waals surface area (Å²) >= 11 is 6.05. The summed E-state index contributed by atoms with van der Waals surface area (Å²) in [5, 5.41) is 21.8. The van der Waals surface area contributed by atoms with Crippen LogP contribution in [-0.2, 0) is 4.79 Å². The van der Waals surface area contributed by atoms with E-state index >= 15 is 0 Å². The second kappa shape index (κ2) is 8.46. The maximum Gasteiger partial charge on any atom is 0.336 e. The number of benzene rings is 2. The zero-order chi connectivity index (χ0) is 21.0. The number of carbonyl (C=O) groups excluding carboxylic acids is 1. The Morgan fingerprint density at radius 2 is 1.93 bits per heavy atom. The number of aryl methyl sites for hydroxylation is 1. The predicted octanol–water partition coefficient (Wildman–Crippen LogP) is 5.15. The van der Waals surface area contributed by atoms with E-state index in [2.05, 4.69) is 5.32 Å². The van der Waals surface area contributed by atoms with Crippen LogP contribution in [0.25, 0.3) is 17.4 Å². The first-order valence-electron chi connectivity index (χ1n) is 8.51. The SMILES string of the molecule is Cc1ccc(NC(=O)/C(C#N)=C/c2ccc(-c3ccccc3C(=O)O)o2)cc1Cl. The van der Waals surface area contributed by atoms with Crippen molar-refractivity contribution in [1.29, 1.82) is 5.26 Å². The second-order valence-electron chi connectivity index (χ2n) is 6.14. The molecule has 0 saturated carbocycles. The third-order valence-electron chi connectivity index (χ3n) is 4.13. The number of furan rings is 1. The molecule has 1 aromatic heterocycles. The number of nitriles is 1. The minimum atomic E-state index is -1.08. The molecule has 2 N–H and O–H groups in total. The van der Waals surface area contributed by atoms with Gasteiger partial charge >= 0.3 is 5.97 Å². The van der Waals surface area contributed by atoms with Gasteiger partial charge in [-0.1, -0.05) is 35.9 Å². The molecule has 2 aromatic carbocycles. The Labute approximate surface area is 171 Å². The zero-order valence-corrected chi connectivity index (χ0v) is 16.0. The molecule has 1 amide bonds. The summed E-state index contributed by atoms with van der Waals surface area (Å²) in [5.41, 5.74) is 1.64. The molecule has 7 heteroatoms. The number of halogens is 1. The van der Waals surface area contributed by atoms with Gasteiger partial charge in [0, 0.05) is 22.3 Å². The molecule has 0 atom stereocenters. The Balaban J connectivity index is 1.85. The Bertz CT molecular complexity index is 1170. The van der Waals surface area contributed by atoms with E-state index in [0.717, 1.165) is 5.56 Å². The summed E-state index contributed by atoms with van der Waals surface area (Å²) in [4.78, 5) is 23.8. The molecular weight excluding hydrogens is 392 g/mol. The normalized spacial score (nSPS) is 11.0. The maximum absolute atomic E-state index is 12.4. The van der Waals surface area contributed by atoms with E-state index in [-0.39, 0.29) is 16.9 Å². The van der Waals surface area contributed by atoms with E-state index in [1.165, 1.54) is 12.1 Å². The number of nitrogens with zero attached hydrogens (tertiary/aromatic N) is 1. The lowest BCUT2D eigenvalue weighted by Crippen LogP contribution is -2.13. The number of carboxylic acid groups (broad SMARTS) is 1. The minimum Gasteiger partial charge on any atom is -0.478 e. The van der Waals surface area contributed by atoms with Crippen LogP contribution in [0.4, 0.5) is 5.69 Å². The molecule has 0 fully saturated rings. The molecule has 0 aliphatic rings. The first kappa shape index (κ1) is 19.9. The van der Waals surface area contributed by atoms with Gasteiger partial charge in [0.15, 0.2) is 0 Å². The number of hydrogen-bond acceptors (Lipinski definition) is 4. The van der Waals surface area contributed by atoms with Crippen LogP contribution in [0.1, 0.15) is 21.7 Å². The van der Waals surface area contributed by atoms with Gasteiger partial charge in [0.25, 0.3) is 5.91 Å². The molecule has 1 heterocycles. The number of amides is 1. The van der Waals surface area contributed by atoms with Gasteiger partial charge in [-0.25, -0.2) is 4.79 Å². The van der Waals surface area contributed by atoms with Crippen molar-refractivity contribution in [2.75, 3.05) is 5.32 Å². The van der Waals surface area contributed by atoms with Crippen molar-refractivity contribution < 1.29 is 19.1 Å². The molecule has 0 bridgehead atoms. The number of anilines is 1. The second-order valence-corrected chi connectivity index (χ2v) is 6.55. The fourth-order valence-corrected chi connectivity index (χ4v) is 2.80. The molecule has 3 aromatic rings. The van der Waals surface area contributed by atoms with E-state index in [9.17, 15) is 20.0 Å². The summed E-state index contributed by atoms with van der Waals surface area (Å²) in [5.74, 6) is -1.13. The average Bonchev–Trinajstić information content (AvgIpc) is 3.17. The summed E-state index contributed by atoms with van der Waals surface area (Å²) in [6.07, 6.45) is 1.29. The molecule has 0 unspecified atom stereocenters. The Hall–Kier alpha value is -3.82. The molecule has 6 nitrogen and oxygen atoms in total. The summed E-state index contributed by atoms with van der Waals surface area (Å²) < 4.78 is 5.64. The molecule has 0 radical (unpaired) electrons. The highest BCUT2D eigenvalue weighted by Gasteiger charge is 2.15. The van der Waals surface area contributed by atoms with Crippen LogP contribution >= 0.6 is 11.6 Å². The van der Waals surface area contributed by atoms with Crippen molar-refractivity contribution in [3.8, 4) is 17.4 Å². The van der Waals surface area contributed by atoms with Crippen LogP contribution in [0.5, 0.6) is 0 Å². The van der Waals surface area contributed by atoms with Crippen LogP contribution in [0, 0.1) is 18.3 Å². The number of carboxylic acids is 1. The van der Waals surface area contributed by atoms with Gasteiger partial charge in [0.2, 0.25) is 0 Å². The monoisotopic (exact) mass is 406 g/mol. The highest BCUT2D eigenvalue weighted by atomic mass is 35.5. The summed E-state index contributed by atoms with van der Waals surface area (Å²) in [6, 6.07) is 16.4. The largest absolute Gasteiger partial charge is 0.478 e. The van der Waals surface area contributed by atoms with E-state index < -0.39 is 11.9 Å². The van der Waals surface area contributed by atoms with E-state index in [4.69, 9.17) is 16.0 Å². The standard InChI is InChI=1S/C22H15ClN2O4/c1-13-6-7-15(11-19(13)23)25-21(26)14(12-24)10-16-8-9-20(29-16)17-4-2-3-5-18(17)22(27)28/h2-11H,1H3,(H,25,26)(H,27,28)/b14-10+. The van der Waals surface area contributed by atoms with Crippen molar-refractivity contribution in [1.82, 2.24) is 0 Å². The fraction of sp³-hybridized carbons (Fsp3) is 0.0455. The van der Waals surface area contributed by atoms with Gasteiger partial charge in [-0.15, -0.1) is 0 Å². The van der Waals surface area contributed by atoms with Crippen LogP contribution in [0.3, 0.4) is 0 Å². The van der Waals surface area contributed by atoms with Crippen LogP contribution in [0.2, 0.25) is 5.02 Å². The molecule has 0 aliphatic heterocycles. The van der Waals surface area contributed by atoms with Crippen LogP contribution in [0.15, 0.2) is 64.6 Å². The molecule has 144 valence electrons. The topological polar surface area (TPSA) is 103 Å². The molecule has 0 spiro atoms. The summed E-state index contributed by atoms with van der Waals surface area (Å²) in [6.45, 7) is 1.84. The molecule has 0 saturated heterocycles. The van der Waals surface area contributed by atoms with Gasteiger partial charge < -0.3 is 14.8 Å². The van der Waals surface area contributed by atoms with Gasteiger partial charge in [-0.3, -0.25) is 4.79 Å². The number of nitrogens with one attached hydrogen (secondary N) is 1. The quantitative estimate of drug-likeness (QED) is 0.450. The zero-order valence-electron chi connectivity index (χ0n) is 15.3. The van der Waals surface area contributed by atoms with Crippen molar-refractivity contribution in [2.45, 2.75) is 6.92 Å². The molecular formula is C22H15ClN2O4. The van der Waals surface area contributed by atoms with Crippen molar-refractivity contribution >= 4 is 35.2 Å². The Morgan fingerprint density at radius 3 is 2.62 bits per heavy atom. The van der Waals surface area contributed by atoms with E-state index in [1.807, 2.05) is 13.0 Å². The number of hydrogen-bond donors (Lipinski definition) is 2. The first-order valence-corrected chi connectivity index (χ1v) is 8.88. The van der Waals surface area contributed by atoms with Gasteiger partial charge in [-0.2, -0.15) is 5.26 Å². The van der Waals surface area contributed by atoms with Gasteiger partial charge in [-0.05, 0) is 42.8 Å².